The Kier molecular flexibility index (Phi) is 7.71. The first-order valence-electron chi connectivity index (χ1n) is 10.8. The van der Waals surface area contributed by atoms with Gasteiger partial charge in [0.25, 0.3) is 5.91 Å². The van der Waals surface area contributed by atoms with Crippen LogP contribution in [0.1, 0.15) is 59.6 Å². The van der Waals surface area contributed by atoms with E-state index in [1.165, 1.54) is 24.4 Å². The number of nitrogens with one attached hydrogen (secondary N) is 1. The SMILES string of the molecule is Cc1c(C(=O)NCc2ccc(S(C)(=O)=O)cn2)nc(C(C)(C)C)n1Cc1ccc(Br)cc1C(F)(F)F. The maximum Gasteiger partial charge on any atom is 0.416 e. The number of carbonyl (C=O) groups is 1. The number of rotatable bonds is 6. The van der Waals surface area contributed by atoms with Crippen LogP contribution in [0, 0.1) is 6.92 Å². The van der Waals surface area contributed by atoms with Crippen LogP contribution < -0.4 is 5.32 Å². The second-order valence-electron chi connectivity index (χ2n) is 9.44. The van der Waals surface area contributed by atoms with Gasteiger partial charge in [-0.25, -0.2) is 13.4 Å². The van der Waals surface area contributed by atoms with Crippen LogP contribution in [0.3, 0.4) is 0 Å². The fraction of sp³-hybridized carbons (Fsp3) is 0.375. The summed E-state index contributed by atoms with van der Waals surface area (Å²) in [5, 5.41) is 2.70. The van der Waals surface area contributed by atoms with Gasteiger partial charge < -0.3 is 9.88 Å². The number of halogens is 4. The van der Waals surface area contributed by atoms with Gasteiger partial charge in [0.1, 0.15) is 11.5 Å². The van der Waals surface area contributed by atoms with Crippen molar-refractivity contribution in [2.45, 2.75) is 57.3 Å². The summed E-state index contributed by atoms with van der Waals surface area (Å²) in [6.07, 6.45) is -2.26. The Hall–Kier alpha value is -2.73. The number of nitrogens with zero attached hydrogens (tertiary/aromatic N) is 3. The van der Waals surface area contributed by atoms with E-state index in [1.807, 2.05) is 20.8 Å². The lowest BCUT2D eigenvalue weighted by Gasteiger charge is -2.22. The highest BCUT2D eigenvalue weighted by Gasteiger charge is 2.35. The molecular formula is C24H26BrF3N4O3S. The second-order valence-corrected chi connectivity index (χ2v) is 12.4. The number of aromatic nitrogens is 3. The molecule has 0 spiro atoms. The topological polar surface area (TPSA) is 93.9 Å². The number of benzene rings is 1. The first-order chi connectivity index (χ1) is 16.5. The summed E-state index contributed by atoms with van der Waals surface area (Å²) in [6.45, 7) is 7.15. The van der Waals surface area contributed by atoms with E-state index < -0.39 is 32.9 Å². The Labute approximate surface area is 216 Å². The molecule has 0 fully saturated rings. The average molecular weight is 587 g/mol. The van der Waals surface area contributed by atoms with E-state index in [-0.39, 0.29) is 29.2 Å². The van der Waals surface area contributed by atoms with E-state index in [0.717, 1.165) is 12.3 Å². The highest BCUT2D eigenvalue weighted by molar-refractivity contribution is 9.10. The Morgan fingerprint density at radius 3 is 2.33 bits per heavy atom. The van der Waals surface area contributed by atoms with E-state index in [1.54, 1.807) is 17.6 Å². The van der Waals surface area contributed by atoms with Crippen LogP contribution in [-0.4, -0.2) is 35.1 Å². The van der Waals surface area contributed by atoms with Gasteiger partial charge in [-0.15, -0.1) is 0 Å². The summed E-state index contributed by atoms with van der Waals surface area (Å²) in [6, 6.07) is 6.88. The zero-order chi connectivity index (χ0) is 27.1. The van der Waals surface area contributed by atoms with Crippen molar-refractivity contribution >= 4 is 31.7 Å². The standard InChI is InChI=1S/C24H26BrF3N4O3S/c1-14-20(21(33)30-11-17-8-9-18(12-29-17)36(5,34)35)31-22(23(2,3)4)32(14)13-15-6-7-16(25)10-19(15)24(26,27)28/h6-10,12H,11,13H2,1-5H3,(H,30,33). The van der Waals surface area contributed by atoms with Gasteiger partial charge in [0.15, 0.2) is 9.84 Å². The number of alkyl halides is 3. The van der Waals surface area contributed by atoms with Crippen molar-refractivity contribution in [3.8, 4) is 0 Å². The lowest BCUT2D eigenvalue weighted by molar-refractivity contribution is -0.138. The Bertz CT molecular complexity index is 1390. The first-order valence-corrected chi connectivity index (χ1v) is 13.5. The molecule has 194 valence electrons. The monoisotopic (exact) mass is 586 g/mol. The molecule has 0 aliphatic carbocycles. The average Bonchev–Trinajstić information content (AvgIpc) is 3.09. The number of amides is 1. The molecular weight excluding hydrogens is 561 g/mol. The molecule has 2 heterocycles. The molecule has 3 rings (SSSR count). The molecule has 0 saturated heterocycles. The summed E-state index contributed by atoms with van der Waals surface area (Å²) in [5.41, 5.74) is -0.306. The number of imidazole rings is 1. The highest BCUT2D eigenvalue weighted by atomic mass is 79.9. The summed E-state index contributed by atoms with van der Waals surface area (Å²) in [4.78, 5) is 21.6. The summed E-state index contributed by atoms with van der Waals surface area (Å²) in [7, 11) is -3.39. The van der Waals surface area contributed by atoms with E-state index in [0.29, 0.717) is 21.7 Å². The fourth-order valence-corrected chi connectivity index (χ4v) is 4.55. The molecule has 0 atom stereocenters. The normalized spacial score (nSPS) is 12.6. The lowest BCUT2D eigenvalue weighted by atomic mass is 9.95. The minimum atomic E-state index is -4.55. The van der Waals surface area contributed by atoms with E-state index in [9.17, 15) is 26.4 Å². The number of hydrogen-bond acceptors (Lipinski definition) is 5. The van der Waals surface area contributed by atoms with Crippen molar-refractivity contribution in [2.75, 3.05) is 6.26 Å². The Morgan fingerprint density at radius 1 is 1.14 bits per heavy atom. The number of sulfone groups is 1. The molecule has 0 radical (unpaired) electrons. The van der Waals surface area contributed by atoms with Gasteiger partial charge in [-0.1, -0.05) is 42.8 Å². The molecule has 0 aliphatic heterocycles. The quantitative estimate of drug-likeness (QED) is 0.436. The van der Waals surface area contributed by atoms with Crippen molar-refractivity contribution in [2.24, 2.45) is 0 Å². The molecule has 1 N–H and O–H groups in total. The van der Waals surface area contributed by atoms with Gasteiger partial charge in [-0.2, -0.15) is 13.2 Å². The van der Waals surface area contributed by atoms with Gasteiger partial charge in [0, 0.05) is 34.6 Å². The smallest absolute Gasteiger partial charge is 0.345 e. The predicted molar refractivity (Wildman–Crippen MR) is 132 cm³/mol. The van der Waals surface area contributed by atoms with Crippen LogP contribution in [0.2, 0.25) is 0 Å². The molecule has 1 amide bonds. The van der Waals surface area contributed by atoms with Crippen LogP contribution >= 0.6 is 15.9 Å². The van der Waals surface area contributed by atoms with Crippen LogP contribution in [0.4, 0.5) is 13.2 Å². The van der Waals surface area contributed by atoms with Crippen LogP contribution in [0.15, 0.2) is 45.9 Å². The second kappa shape index (κ2) is 9.97. The van der Waals surface area contributed by atoms with Crippen LogP contribution in [0.25, 0.3) is 0 Å². The molecule has 0 saturated carbocycles. The third-order valence-corrected chi connectivity index (χ3v) is 7.06. The zero-order valence-corrected chi connectivity index (χ0v) is 22.8. The number of pyridine rings is 1. The Balaban J connectivity index is 1.92. The minimum absolute atomic E-state index is 0.0188. The fourth-order valence-electron chi connectivity index (χ4n) is 3.63. The Morgan fingerprint density at radius 2 is 1.81 bits per heavy atom. The molecule has 0 unspecified atom stereocenters. The molecule has 1 aromatic carbocycles. The van der Waals surface area contributed by atoms with E-state index in [4.69, 9.17) is 0 Å². The van der Waals surface area contributed by atoms with Gasteiger partial charge >= 0.3 is 6.18 Å². The highest BCUT2D eigenvalue weighted by Crippen LogP contribution is 2.35. The lowest BCUT2D eigenvalue weighted by Crippen LogP contribution is -2.24. The molecule has 3 aromatic rings. The van der Waals surface area contributed by atoms with E-state index >= 15 is 0 Å². The van der Waals surface area contributed by atoms with E-state index in [2.05, 4.69) is 31.2 Å². The van der Waals surface area contributed by atoms with Crippen LogP contribution in [0.5, 0.6) is 0 Å². The summed E-state index contributed by atoms with van der Waals surface area (Å²) in [5.74, 6) is -0.0468. The van der Waals surface area contributed by atoms with Crippen LogP contribution in [-0.2, 0) is 34.5 Å². The van der Waals surface area contributed by atoms with Gasteiger partial charge in [0.05, 0.1) is 22.7 Å². The van der Waals surface area contributed by atoms with Crippen molar-refractivity contribution in [1.29, 1.82) is 0 Å². The maximum atomic E-state index is 13.7. The van der Waals surface area contributed by atoms with Crippen molar-refractivity contribution in [3.05, 3.63) is 75.0 Å². The summed E-state index contributed by atoms with van der Waals surface area (Å²) < 4.78 is 66.2. The molecule has 12 heteroatoms. The third kappa shape index (κ3) is 6.33. The minimum Gasteiger partial charge on any atom is -0.345 e. The predicted octanol–water partition coefficient (Wildman–Crippen LogP) is 5.05. The maximum absolute atomic E-state index is 13.7. The van der Waals surface area contributed by atoms with Gasteiger partial charge in [0.2, 0.25) is 0 Å². The first kappa shape index (κ1) is 27.9. The number of carbonyl (C=O) groups excluding carboxylic acids is 1. The number of hydrogen-bond donors (Lipinski definition) is 1. The molecule has 0 aliphatic rings. The van der Waals surface area contributed by atoms with Crippen molar-refractivity contribution in [3.63, 3.8) is 0 Å². The van der Waals surface area contributed by atoms with Gasteiger partial charge in [-0.3, -0.25) is 9.78 Å². The molecule has 2 aromatic heterocycles. The molecule has 36 heavy (non-hydrogen) atoms. The third-order valence-electron chi connectivity index (χ3n) is 5.47. The largest absolute Gasteiger partial charge is 0.416 e. The van der Waals surface area contributed by atoms with Gasteiger partial charge in [-0.05, 0) is 36.8 Å². The molecule has 7 nitrogen and oxygen atoms in total. The summed E-state index contributed by atoms with van der Waals surface area (Å²) >= 11 is 3.10. The zero-order valence-electron chi connectivity index (χ0n) is 20.4. The van der Waals surface area contributed by atoms with Crippen molar-refractivity contribution in [1.82, 2.24) is 19.9 Å². The van der Waals surface area contributed by atoms with Crippen molar-refractivity contribution < 1.29 is 26.4 Å². The molecule has 0 bridgehead atoms.